The smallest absolute Gasteiger partial charge is 0.327 e. The lowest BCUT2D eigenvalue weighted by molar-refractivity contribution is -0.131. The van der Waals surface area contributed by atoms with Gasteiger partial charge in [-0.05, 0) is 30.6 Å². The second kappa shape index (κ2) is 2.77. The summed E-state index contributed by atoms with van der Waals surface area (Å²) < 4.78 is 0. The van der Waals surface area contributed by atoms with E-state index in [1.165, 1.54) is 12.5 Å². The standard InChI is InChI=1S/C10H12O2/c11-10(12)4-3-9-6-7-1-2-8(9)5-7/h1-4,7-9H,5-6H2,(H,11,12)/b4-3+/t7-,8-,9-/m0/s1. The molecule has 0 aromatic heterocycles. The van der Waals surface area contributed by atoms with Gasteiger partial charge in [0.1, 0.15) is 0 Å². The van der Waals surface area contributed by atoms with Crippen LogP contribution in [0.1, 0.15) is 12.8 Å². The Morgan fingerprint density at radius 2 is 2.25 bits per heavy atom. The lowest BCUT2D eigenvalue weighted by atomic mass is 9.93. The number of carboxylic acid groups (broad SMARTS) is 1. The minimum Gasteiger partial charge on any atom is -0.478 e. The first-order chi connectivity index (χ1) is 5.75. The van der Waals surface area contributed by atoms with Gasteiger partial charge in [0, 0.05) is 6.08 Å². The maximum atomic E-state index is 10.3. The van der Waals surface area contributed by atoms with Gasteiger partial charge in [-0.2, -0.15) is 0 Å². The van der Waals surface area contributed by atoms with Gasteiger partial charge in [-0.1, -0.05) is 18.2 Å². The Kier molecular flexibility index (Phi) is 1.75. The molecule has 2 aliphatic rings. The van der Waals surface area contributed by atoms with Crippen molar-refractivity contribution in [3.63, 3.8) is 0 Å². The summed E-state index contributed by atoms with van der Waals surface area (Å²) in [6.07, 6.45) is 9.98. The van der Waals surface area contributed by atoms with Crippen LogP contribution in [0.2, 0.25) is 0 Å². The van der Waals surface area contributed by atoms with Crippen LogP contribution in [0.5, 0.6) is 0 Å². The third kappa shape index (κ3) is 1.29. The van der Waals surface area contributed by atoms with E-state index in [-0.39, 0.29) is 0 Å². The summed E-state index contributed by atoms with van der Waals surface area (Å²) in [6.45, 7) is 0. The van der Waals surface area contributed by atoms with Crippen molar-refractivity contribution in [2.24, 2.45) is 17.8 Å². The molecule has 2 bridgehead atoms. The van der Waals surface area contributed by atoms with E-state index in [4.69, 9.17) is 5.11 Å². The summed E-state index contributed by atoms with van der Waals surface area (Å²) in [5.41, 5.74) is 0. The highest BCUT2D eigenvalue weighted by Crippen LogP contribution is 2.43. The summed E-state index contributed by atoms with van der Waals surface area (Å²) in [5, 5.41) is 8.44. The van der Waals surface area contributed by atoms with Gasteiger partial charge in [-0.25, -0.2) is 4.79 Å². The van der Waals surface area contributed by atoms with Gasteiger partial charge >= 0.3 is 5.97 Å². The van der Waals surface area contributed by atoms with E-state index in [1.54, 1.807) is 0 Å². The van der Waals surface area contributed by atoms with Gasteiger partial charge in [0.25, 0.3) is 0 Å². The van der Waals surface area contributed by atoms with Crippen molar-refractivity contribution < 1.29 is 9.90 Å². The second-order valence-corrected chi connectivity index (χ2v) is 3.64. The average molecular weight is 164 g/mol. The molecule has 12 heavy (non-hydrogen) atoms. The van der Waals surface area contributed by atoms with E-state index in [0.717, 1.165) is 12.3 Å². The van der Waals surface area contributed by atoms with Gasteiger partial charge in [-0.3, -0.25) is 0 Å². The predicted octanol–water partition coefficient (Wildman–Crippen LogP) is 1.84. The van der Waals surface area contributed by atoms with Crippen LogP contribution in [0.3, 0.4) is 0 Å². The Balaban J connectivity index is 1.99. The van der Waals surface area contributed by atoms with Crippen LogP contribution in [0, 0.1) is 17.8 Å². The molecule has 0 heterocycles. The molecule has 64 valence electrons. The van der Waals surface area contributed by atoms with Crippen LogP contribution in [0.25, 0.3) is 0 Å². The Morgan fingerprint density at radius 1 is 1.42 bits per heavy atom. The molecule has 2 nitrogen and oxygen atoms in total. The first-order valence-electron chi connectivity index (χ1n) is 4.35. The molecule has 0 amide bonds. The zero-order chi connectivity index (χ0) is 8.55. The maximum Gasteiger partial charge on any atom is 0.327 e. The normalized spacial score (nSPS) is 38.2. The van der Waals surface area contributed by atoms with Crippen LogP contribution in [-0.2, 0) is 4.79 Å². The van der Waals surface area contributed by atoms with Crippen molar-refractivity contribution in [1.29, 1.82) is 0 Å². The van der Waals surface area contributed by atoms with Crippen molar-refractivity contribution >= 4 is 5.97 Å². The number of fused-ring (bicyclic) bond motifs is 2. The first-order valence-corrected chi connectivity index (χ1v) is 4.35. The molecule has 2 aliphatic carbocycles. The number of carbonyl (C=O) groups is 1. The molecule has 1 fully saturated rings. The average Bonchev–Trinajstić information content (AvgIpc) is 2.60. The lowest BCUT2D eigenvalue weighted by Crippen LogP contribution is -2.03. The van der Waals surface area contributed by atoms with E-state index >= 15 is 0 Å². The van der Waals surface area contributed by atoms with E-state index in [9.17, 15) is 4.79 Å². The Morgan fingerprint density at radius 3 is 2.75 bits per heavy atom. The topological polar surface area (TPSA) is 37.3 Å². The minimum absolute atomic E-state index is 0.482. The van der Waals surface area contributed by atoms with Crippen LogP contribution in [-0.4, -0.2) is 11.1 Å². The zero-order valence-corrected chi connectivity index (χ0v) is 6.81. The fraction of sp³-hybridized carbons (Fsp3) is 0.500. The maximum absolute atomic E-state index is 10.3. The SMILES string of the molecule is O=C(O)/C=C/[C@H]1C[C@H]2C=C[C@H]1C2. The van der Waals surface area contributed by atoms with Crippen molar-refractivity contribution in [3.05, 3.63) is 24.3 Å². The van der Waals surface area contributed by atoms with Crippen LogP contribution in [0.15, 0.2) is 24.3 Å². The number of hydrogen-bond donors (Lipinski definition) is 1. The van der Waals surface area contributed by atoms with Gasteiger partial charge in [-0.15, -0.1) is 0 Å². The molecule has 2 heteroatoms. The van der Waals surface area contributed by atoms with Crippen LogP contribution >= 0.6 is 0 Å². The summed E-state index contributed by atoms with van der Waals surface area (Å²) in [4.78, 5) is 10.3. The Labute approximate surface area is 71.6 Å². The van der Waals surface area contributed by atoms with Gasteiger partial charge in [0.05, 0.1) is 0 Å². The minimum atomic E-state index is -0.832. The fourth-order valence-corrected chi connectivity index (χ4v) is 2.25. The van der Waals surface area contributed by atoms with Gasteiger partial charge in [0.15, 0.2) is 0 Å². The number of aliphatic carboxylic acids is 1. The number of allylic oxidation sites excluding steroid dienone is 3. The quantitative estimate of drug-likeness (QED) is 0.499. The first kappa shape index (κ1) is 7.59. The van der Waals surface area contributed by atoms with E-state index < -0.39 is 5.97 Å². The highest BCUT2D eigenvalue weighted by atomic mass is 16.4. The molecule has 0 unspecified atom stereocenters. The molecule has 0 radical (unpaired) electrons. The molecule has 1 saturated carbocycles. The van der Waals surface area contributed by atoms with Crippen LogP contribution < -0.4 is 0 Å². The third-order valence-electron chi connectivity index (χ3n) is 2.82. The predicted molar refractivity (Wildman–Crippen MR) is 45.6 cm³/mol. The summed E-state index contributed by atoms with van der Waals surface area (Å²) in [5.74, 6) is 0.988. The van der Waals surface area contributed by atoms with Gasteiger partial charge in [0.2, 0.25) is 0 Å². The van der Waals surface area contributed by atoms with E-state index in [2.05, 4.69) is 12.2 Å². The monoisotopic (exact) mass is 164 g/mol. The molecule has 0 spiro atoms. The molecular weight excluding hydrogens is 152 g/mol. The summed E-state index contributed by atoms with van der Waals surface area (Å²) >= 11 is 0. The Bertz CT molecular complexity index is 253. The zero-order valence-electron chi connectivity index (χ0n) is 6.81. The lowest BCUT2D eigenvalue weighted by Gasteiger charge is -2.12. The van der Waals surface area contributed by atoms with Crippen molar-refractivity contribution in [3.8, 4) is 0 Å². The molecular formula is C10H12O2. The number of rotatable bonds is 2. The number of carboxylic acids is 1. The van der Waals surface area contributed by atoms with Crippen molar-refractivity contribution in [2.45, 2.75) is 12.8 Å². The van der Waals surface area contributed by atoms with Crippen LogP contribution in [0.4, 0.5) is 0 Å². The molecule has 0 aromatic carbocycles. The Hall–Kier alpha value is -1.05. The molecule has 1 N–H and O–H groups in total. The molecule has 0 aromatic rings. The van der Waals surface area contributed by atoms with E-state index in [1.807, 2.05) is 6.08 Å². The molecule has 0 saturated heterocycles. The second-order valence-electron chi connectivity index (χ2n) is 3.64. The largest absolute Gasteiger partial charge is 0.478 e. The highest BCUT2D eigenvalue weighted by molar-refractivity contribution is 5.79. The van der Waals surface area contributed by atoms with Gasteiger partial charge < -0.3 is 5.11 Å². The van der Waals surface area contributed by atoms with Crippen molar-refractivity contribution in [1.82, 2.24) is 0 Å². The van der Waals surface area contributed by atoms with Crippen molar-refractivity contribution in [2.75, 3.05) is 0 Å². The summed E-state index contributed by atoms with van der Waals surface area (Å²) in [6, 6.07) is 0. The third-order valence-corrected chi connectivity index (χ3v) is 2.82. The highest BCUT2D eigenvalue weighted by Gasteiger charge is 2.33. The molecule has 2 rings (SSSR count). The molecule has 0 aliphatic heterocycles. The van der Waals surface area contributed by atoms with E-state index in [0.29, 0.717) is 11.8 Å². The molecule has 3 atom stereocenters. The summed E-state index contributed by atoms with van der Waals surface area (Å²) in [7, 11) is 0. The fourth-order valence-electron chi connectivity index (χ4n) is 2.25. The number of hydrogen-bond acceptors (Lipinski definition) is 1.